The fourth-order valence-electron chi connectivity index (χ4n) is 1.56. The summed E-state index contributed by atoms with van der Waals surface area (Å²) in [5.74, 6) is 0. The fourth-order valence-corrected chi connectivity index (χ4v) is 2.90. The van der Waals surface area contributed by atoms with Crippen LogP contribution in [-0.2, 0) is 16.6 Å². The topological polar surface area (TPSA) is 117 Å². The molecule has 0 atom stereocenters. The summed E-state index contributed by atoms with van der Waals surface area (Å²) in [6.07, 6.45) is 0. The number of benzene rings is 1. The number of aromatic nitrogens is 1. The number of rotatable bonds is 5. The Morgan fingerprint density at radius 1 is 1.40 bits per heavy atom. The maximum absolute atomic E-state index is 11.7. The van der Waals surface area contributed by atoms with Crippen molar-refractivity contribution in [2.75, 3.05) is 18.1 Å². The van der Waals surface area contributed by atoms with E-state index in [1.807, 2.05) is 0 Å². The summed E-state index contributed by atoms with van der Waals surface area (Å²) in [5.41, 5.74) is 7.43. The van der Waals surface area contributed by atoms with Gasteiger partial charge in [0.25, 0.3) is 0 Å². The molecule has 20 heavy (non-hydrogen) atoms. The summed E-state index contributed by atoms with van der Waals surface area (Å²) >= 11 is 1.07. The van der Waals surface area contributed by atoms with E-state index in [0.29, 0.717) is 23.6 Å². The van der Waals surface area contributed by atoms with E-state index in [4.69, 9.17) is 5.73 Å². The highest BCUT2D eigenvalue weighted by molar-refractivity contribution is 7.89. The minimum Gasteiger partial charge on any atom is -0.397 e. The van der Waals surface area contributed by atoms with Gasteiger partial charge < -0.3 is 16.0 Å². The van der Waals surface area contributed by atoms with Crippen LogP contribution in [-0.4, -0.2) is 20.4 Å². The third-order valence-corrected chi connectivity index (χ3v) is 4.77. The van der Waals surface area contributed by atoms with Gasteiger partial charge in [0.05, 0.1) is 22.8 Å². The Kier molecular flexibility index (Phi) is 4.12. The van der Waals surface area contributed by atoms with Gasteiger partial charge in [0.1, 0.15) is 0 Å². The van der Waals surface area contributed by atoms with Crippen LogP contribution in [0.15, 0.2) is 33.3 Å². The molecule has 0 amide bonds. The molecule has 9 heteroatoms. The number of nitrogens with one attached hydrogen (secondary N) is 3. The number of hydrogen-bond acceptors (Lipinski definition) is 6. The van der Waals surface area contributed by atoms with Crippen molar-refractivity contribution in [2.45, 2.75) is 11.4 Å². The summed E-state index contributed by atoms with van der Waals surface area (Å²) in [7, 11) is -2.18. The molecule has 2 aromatic rings. The van der Waals surface area contributed by atoms with Crippen molar-refractivity contribution in [3.63, 3.8) is 0 Å². The molecule has 108 valence electrons. The van der Waals surface area contributed by atoms with Crippen LogP contribution < -0.4 is 20.6 Å². The molecule has 1 aromatic carbocycles. The summed E-state index contributed by atoms with van der Waals surface area (Å²) in [6.45, 7) is 0.353. The summed E-state index contributed by atoms with van der Waals surface area (Å²) in [5, 5.41) is 4.69. The van der Waals surface area contributed by atoms with E-state index in [2.05, 4.69) is 15.0 Å². The van der Waals surface area contributed by atoms with Crippen molar-refractivity contribution >= 4 is 32.7 Å². The molecule has 0 aliphatic carbocycles. The minimum absolute atomic E-state index is 0.121. The molecule has 2 rings (SSSR count). The van der Waals surface area contributed by atoms with Crippen molar-refractivity contribution in [1.82, 2.24) is 9.71 Å². The van der Waals surface area contributed by atoms with E-state index in [1.54, 1.807) is 5.38 Å². The maximum atomic E-state index is 11.7. The lowest BCUT2D eigenvalue weighted by Gasteiger charge is -2.10. The number of thiazole rings is 1. The van der Waals surface area contributed by atoms with Gasteiger partial charge in [-0.05, 0) is 25.2 Å². The smallest absolute Gasteiger partial charge is 0.304 e. The van der Waals surface area contributed by atoms with Crippen LogP contribution in [0.5, 0.6) is 0 Å². The van der Waals surface area contributed by atoms with E-state index in [-0.39, 0.29) is 9.77 Å². The highest BCUT2D eigenvalue weighted by Gasteiger charge is 2.13. The molecule has 0 unspecified atom stereocenters. The van der Waals surface area contributed by atoms with Crippen molar-refractivity contribution < 1.29 is 8.42 Å². The summed E-state index contributed by atoms with van der Waals surface area (Å²) in [6, 6.07) is 4.40. The van der Waals surface area contributed by atoms with Crippen molar-refractivity contribution in [3.8, 4) is 0 Å². The number of anilines is 2. The van der Waals surface area contributed by atoms with Crippen LogP contribution in [0.1, 0.15) is 5.69 Å². The van der Waals surface area contributed by atoms with Crippen molar-refractivity contribution in [2.24, 2.45) is 0 Å². The minimum atomic E-state index is -3.52. The number of nitrogen functional groups attached to an aromatic ring is 1. The predicted octanol–water partition coefficient (Wildman–Crippen LogP) is 0.539. The van der Waals surface area contributed by atoms with Crippen LogP contribution in [0.3, 0.4) is 0 Å². The molecule has 0 radical (unpaired) electrons. The maximum Gasteiger partial charge on any atom is 0.304 e. The molecule has 7 nitrogen and oxygen atoms in total. The monoisotopic (exact) mass is 314 g/mol. The second kappa shape index (κ2) is 5.65. The lowest BCUT2D eigenvalue weighted by atomic mass is 10.2. The summed E-state index contributed by atoms with van der Waals surface area (Å²) in [4.78, 5) is 13.6. The van der Waals surface area contributed by atoms with E-state index >= 15 is 0 Å². The van der Waals surface area contributed by atoms with E-state index in [1.165, 1.54) is 25.2 Å². The molecule has 1 heterocycles. The standard InChI is InChI=1S/C11H14N4O3S2/c1-13-20(17,18)8-2-3-9(12)10(4-8)14-5-7-6-19-11(16)15-7/h2-4,6,13-14H,5,12H2,1H3,(H,15,16). The number of nitrogens with two attached hydrogens (primary N) is 1. The number of sulfonamides is 1. The second-order valence-electron chi connectivity index (χ2n) is 3.98. The zero-order chi connectivity index (χ0) is 14.8. The van der Waals surface area contributed by atoms with Crippen LogP contribution in [0.2, 0.25) is 0 Å². The predicted molar refractivity (Wildman–Crippen MR) is 79.4 cm³/mol. The fraction of sp³-hybridized carbons (Fsp3) is 0.182. The van der Waals surface area contributed by atoms with Gasteiger partial charge in [0.15, 0.2) is 0 Å². The largest absolute Gasteiger partial charge is 0.397 e. The number of aromatic amines is 1. The first-order valence-electron chi connectivity index (χ1n) is 5.66. The highest BCUT2D eigenvalue weighted by atomic mass is 32.2. The lowest BCUT2D eigenvalue weighted by molar-refractivity contribution is 0.588. The Hall–Kier alpha value is -1.84. The van der Waals surface area contributed by atoms with Crippen molar-refractivity contribution in [3.05, 3.63) is 38.9 Å². The van der Waals surface area contributed by atoms with Gasteiger partial charge in [-0.3, -0.25) is 4.79 Å². The Morgan fingerprint density at radius 3 is 2.75 bits per heavy atom. The first-order valence-corrected chi connectivity index (χ1v) is 8.02. The van der Waals surface area contributed by atoms with Crippen LogP contribution in [0, 0.1) is 0 Å². The molecule has 0 aliphatic heterocycles. The first-order chi connectivity index (χ1) is 9.42. The number of hydrogen-bond donors (Lipinski definition) is 4. The van der Waals surface area contributed by atoms with Gasteiger partial charge in [-0.15, -0.1) is 0 Å². The van der Waals surface area contributed by atoms with Gasteiger partial charge in [-0.25, -0.2) is 13.1 Å². The molecular formula is C11H14N4O3S2. The zero-order valence-corrected chi connectivity index (χ0v) is 12.3. The highest BCUT2D eigenvalue weighted by Crippen LogP contribution is 2.23. The molecule has 0 fully saturated rings. The van der Waals surface area contributed by atoms with Gasteiger partial charge in [0.2, 0.25) is 10.0 Å². The van der Waals surface area contributed by atoms with E-state index in [9.17, 15) is 13.2 Å². The normalized spacial score (nSPS) is 11.4. The molecule has 0 saturated carbocycles. The lowest BCUT2D eigenvalue weighted by Crippen LogP contribution is -2.19. The van der Waals surface area contributed by atoms with Gasteiger partial charge in [-0.2, -0.15) is 0 Å². The molecular weight excluding hydrogens is 300 g/mol. The molecule has 1 aromatic heterocycles. The molecule has 0 bridgehead atoms. The average Bonchev–Trinajstić information content (AvgIpc) is 2.83. The Balaban J connectivity index is 2.23. The SMILES string of the molecule is CNS(=O)(=O)c1ccc(N)c(NCc2csc(=O)[nH]2)c1. The Morgan fingerprint density at radius 2 is 2.15 bits per heavy atom. The van der Waals surface area contributed by atoms with Crippen LogP contribution in [0.25, 0.3) is 0 Å². The van der Waals surface area contributed by atoms with Crippen LogP contribution in [0.4, 0.5) is 11.4 Å². The molecule has 0 saturated heterocycles. The molecule has 5 N–H and O–H groups in total. The Labute approximate surface area is 119 Å². The average molecular weight is 314 g/mol. The Bertz CT molecular complexity index is 764. The van der Waals surface area contributed by atoms with Gasteiger partial charge in [0, 0.05) is 11.1 Å². The summed E-state index contributed by atoms with van der Waals surface area (Å²) < 4.78 is 25.7. The quantitative estimate of drug-likeness (QED) is 0.601. The molecule has 0 aliphatic rings. The van der Waals surface area contributed by atoms with Crippen molar-refractivity contribution in [1.29, 1.82) is 0 Å². The second-order valence-corrected chi connectivity index (χ2v) is 6.71. The third kappa shape index (κ3) is 3.18. The van der Waals surface area contributed by atoms with Crippen LogP contribution >= 0.6 is 11.3 Å². The number of H-pyrrole nitrogens is 1. The van der Waals surface area contributed by atoms with Gasteiger partial charge >= 0.3 is 4.87 Å². The molecule has 0 spiro atoms. The van der Waals surface area contributed by atoms with Gasteiger partial charge in [-0.1, -0.05) is 11.3 Å². The van der Waals surface area contributed by atoms with E-state index in [0.717, 1.165) is 11.3 Å². The van der Waals surface area contributed by atoms with E-state index < -0.39 is 10.0 Å². The zero-order valence-electron chi connectivity index (χ0n) is 10.6. The first kappa shape index (κ1) is 14.6. The third-order valence-electron chi connectivity index (χ3n) is 2.64.